The average Bonchev–Trinajstić information content (AvgIpc) is 3.29. The van der Waals surface area contributed by atoms with Crippen molar-refractivity contribution in [2.75, 3.05) is 13.2 Å². The standard InChI is InChI=1S/C58H102O6/c1-4-7-10-13-16-19-21-22-23-24-25-26-27-28-29-30-31-32-33-34-35-36-37-40-42-45-48-51-57(60)63-54-55(53-62-56(59)50-47-44-41-38-18-15-12-9-6-3)64-58(61)52-49-46-43-39-20-17-14-11-8-5-2/h7,10,16,19,22-23,25-26,28-29,55H,4-6,8-9,11-15,17-18,20-21,24,27,30-54H2,1-3H3/b10-7-,19-16-,23-22-,26-25-,29-28-. The Hall–Kier alpha value is -2.89. The Morgan fingerprint density at radius 1 is 0.328 bits per heavy atom. The first kappa shape index (κ1) is 61.1. The first-order chi connectivity index (χ1) is 31.5. The third-order valence-electron chi connectivity index (χ3n) is 11.8. The summed E-state index contributed by atoms with van der Waals surface area (Å²) in [5.74, 6) is -0.871. The average molecular weight is 895 g/mol. The van der Waals surface area contributed by atoms with Gasteiger partial charge in [0.25, 0.3) is 0 Å². The minimum atomic E-state index is -0.768. The van der Waals surface area contributed by atoms with Crippen LogP contribution in [-0.4, -0.2) is 37.2 Å². The second-order valence-corrected chi connectivity index (χ2v) is 18.1. The molecule has 0 aromatic rings. The van der Waals surface area contributed by atoms with Crippen molar-refractivity contribution in [2.24, 2.45) is 0 Å². The van der Waals surface area contributed by atoms with Gasteiger partial charge in [0, 0.05) is 19.3 Å². The molecule has 0 radical (unpaired) electrons. The van der Waals surface area contributed by atoms with Crippen molar-refractivity contribution in [1.82, 2.24) is 0 Å². The predicted molar refractivity (Wildman–Crippen MR) is 275 cm³/mol. The number of esters is 3. The van der Waals surface area contributed by atoms with Crippen molar-refractivity contribution in [1.29, 1.82) is 0 Å². The zero-order valence-electron chi connectivity index (χ0n) is 42.3. The minimum Gasteiger partial charge on any atom is -0.462 e. The van der Waals surface area contributed by atoms with Crippen LogP contribution in [0.15, 0.2) is 60.8 Å². The lowest BCUT2D eigenvalue weighted by atomic mass is 10.0. The maximum atomic E-state index is 12.7. The van der Waals surface area contributed by atoms with E-state index in [1.165, 1.54) is 141 Å². The fourth-order valence-electron chi connectivity index (χ4n) is 7.70. The fourth-order valence-corrected chi connectivity index (χ4v) is 7.70. The lowest BCUT2D eigenvalue weighted by Crippen LogP contribution is -2.30. The number of hydrogen-bond donors (Lipinski definition) is 0. The molecule has 6 heteroatoms. The number of ether oxygens (including phenoxy) is 3. The highest BCUT2D eigenvalue weighted by atomic mass is 16.6. The quantitative estimate of drug-likeness (QED) is 0.0262. The van der Waals surface area contributed by atoms with Gasteiger partial charge in [-0.1, -0.05) is 248 Å². The van der Waals surface area contributed by atoms with Gasteiger partial charge in [-0.05, 0) is 64.2 Å². The van der Waals surface area contributed by atoms with E-state index in [-0.39, 0.29) is 31.1 Å². The number of allylic oxidation sites excluding steroid dienone is 10. The largest absolute Gasteiger partial charge is 0.462 e. The maximum Gasteiger partial charge on any atom is 0.306 e. The molecule has 64 heavy (non-hydrogen) atoms. The summed E-state index contributed by atoms with van der Waals surface area (Å²) in [4.78, 5) is 37.8. The molecule has 0 saturated carbocycles. The molecule has 1 unspecified atom stereocenters. The van der Waals surface area contributed by atoms with Crippen LogP contribution in [0.5, 0.6) is 0 Å². The van der Waals surface area contributed by atoms with Crippen molar-refractivity contribution < 1.29 is 28.6 Å². The first-order valence-corrected chi connectivity index (χ1v) is 27.3. The van der Waals surface area contributed by atoms with Gasteiger partial charge in [-0.2, -0.15) is 0 Å². The highest BCUT2D eigenvalue weighted by Gasteiger charge is 2.19. The maximum absolute atomic E-state index is 12.7. The van der Waals surface area contributed by atoms with Crippen LogP contribution >= 0.6 is 0 Å². The van der Waals surface area contributed by atoms with E-state index in [9.17, 15) is 14.4 Å². The van der Waals surface area contributed by atoms with Gasteiger partial charge in [0.2, 0.25) is 0 Å². The molecule has 1 atom stereocenters. The number of rotatable bonds is 49. The SMILES string of the molecule is CC/C=C\C/C=C\C/C=C\C/C=C\C/C=C\CCCCCCCCCCCCCC(=O)OCC(COC(=O)CCCCCCCCCCC)OC(=O)CCCCCCCCCCCC. The van der Waals surface area contributed by atoms with Gasteiger partial charge in [-0.15, -0.1) is 0 Å². The van der Waals surface area contributed by atoms with Gasteiger partial charge in [0.15, 0.2) is 6.10 Å². The summed E-state index contributed by atoms with van der Waals surface area (Å²) in [5.41, 5.74) is 0. The van der Waals surface area contributed by atoms with E-state index >= 15 is 0 Å². The number of carbonyl (C=O) groups excluding carboxylic acids is 3. The van der Waals surface area contributed by atoms with E-state index in [0.717, 1.165) is 89.9 Å². The molecule has 0 aliphatic rings. The van der Waals surface area contributed by atoms with Gasteiger partial charge < -0.3 is 14.2 Å². The van der Waals surface area contributed by atoms with Crippen LogP contribution in [-0.2, 0) is 28.6 Å². The van der Waals surface area contributed by atoms with Crippen LogP contribution in [0.3, 0.4) is 0 Å². The Bertz CT molecular complexity index is 1170. The van der Waals surface area contributed by atoms with Crippen LogP contribution in [0.25, 0.3) is 0 Å². The zero-order valence-corrected chi connectivity index (χ0v) is 42.3. The highest BCUT2D eigenvalue weighted by Crippen LogP contribution is 2.16. The number of hydrogen-bond acceptors (Lipinski definition) is 6. The third-order valence-corrected chi connectivity index (χ3v) is 11.8. The number of unbranched alkanes of at least 4 members (excludes halogenated alkanes) is 28. The lowest BCUT2D eigenvalue weighted by molar-refractivity contribution is -0.167. The first-order valence-electron chi connectivity index (χ1n) is 27.3. The summed E-state index contributed by atoms with van der Waals surface area (Å²) in [6.45, 7) is 6.50. The fraction of sp³-hybridized carbons (Fsp3) is 0.776. The molecule has 0 N–H and O–H groups in total. The van der Waals surface area contributed by atoms with Gasteiger partial charge in [0.1, 0.15) is 13.2 Å². The molecule has 0 fully saturated rings. The molecule has 0 aliphatic heterocycles. The predicted octanol–water partition coefficient (Wildman–Crippen LogP) is 18.0. The smallest absolute Gasteiger partial charge is 0.306 e. The monoisotopic (exact) mass is 895 g/mol. The van der Waals surface area contributed by atoms with E-state index in [2.05, 4.69) is 81.5 Å². The Morgan fingerprint density at radius 2 is 0.609 bits per heavy atom. The van der Waals surface area contributed by atoms with Crippen molar-refractivity contribution >= 4 is 17.9 Å². The summed E-state index contributed by atoms with van der Waals surface area (Å²) < 4.78 is 16.8. The normalized spacial score (nSPS) is 12.5. The Morgan fingerprint density at radius 3 is 0.953 bits per heavy atom. The second-order valence-electron chi connectivity index (χ2n) is 18.1. The van der Waals surface area contributed by atoms with Gasteiger partial charge in [-0.25, -0.2) is 0 Å². The van der Waals surface area contributed by atoms with E-state index in [1.54, 1.807) is 0 Å². The third kappa shape index (κ3) is 50.1. The molecule has 0 aromatic carbocycles. The summed E-state index contributed by atoms with van der Waals surface area (Å²) in [6, 6.07) is 0. The highest BCUT2D eigenvalue weighted by molar-refractivity contribution is 5.71. The minimum absolute atomic E-state index is 0.0710. The van der Waals surface area contributed by atoms with Gasteiger partial charge in [-0.3, -0.25) is 14.4 Å². The van der Waals surface area contributed by atoms with E-state index in [0.29, 0.717) is 19.3 Å². The van der Waals surface area contributed by atoms with Gasteiger partial charge in [0.05, 0.1) is 0 Å². The molecule has 0 aliphatic carbocycles. The molecule has 0 aromatic heterocycles. The summed E-state index contributed by atoms with van der Waals surface area (Å²) in [5, 5.41) is 0. The Balaban J connectivity index is 4.12. The lowest BCUT2D eigenvalue weighted by Gasteiger charge is -2.18. The summed E-state index contributed by atoms with van der Waals surface area (Å²) in [6.07, 6.45) is 65.1. The van der Waals surface area contributed by atoms with Crippen LogP contribution in [0.1, 0.15) is 271 Å². The van der Waals surface area contributed by atoms with Crippen molar-refractivity contribution in [3.05, 3.63) is 60.8 Å². The molecule has 370 valence electrons. The van der Waals surface area contributed by atoms with E-state index in [1.807, 2.05) is 0 Å². The molecule has 0 amide bonds. The van der Waals surface area contributed by atoms with E-state index in [4.69, 9.17) is 14.2 Å². The second kappa shape index (κ2) is 52.7. The molecule has 0 spiro atoms. The van der Waals surface area contributed by atoms with Crippen LogP contribution in [0.2, 0.25) is 0 Å². The molecule has 0 saturated heterocycles. The Labute approximate surface area is 396 Å². The number of carbonyl (C=O) groups is 3. The molecular weight excluding hydrogens is 793 g/mol. The molecule has 6 nitrogen and oxygen atoms in total. The van der Waals surface area contributed by atoms with Crippen LogP contribution < -0.4 is 0 Å². The zero-order chi connectivity index (χ0) is 46.5. The molecule has 0 rings (SSSR count). The van der Waals surface area contributed by atoms with Crippen molar-refractivity contribution in [3.8, 4) is 0 Å². The summed E-state index contributed by atoms with van der Waals surface area (Å²) >= 11 is 0. The molecule has 0 bridgehead atoms. The van der Waals surface area contributed by atoms with Crippen LogP contribution in [0.4, 0.5) is 0 Å². The van der Waals surface area contributed by atoms with Gasteiger partial charge >= 0.3 is 17.9 Å². The molecule has 0 heterocycles. The summed E-state index contributed by atoms with van der Waals surface area (Å²) in [7, 11) is 0. The van der Waals surface area contributed by atoms with E-state index < -0.39 is 6.10 Å². The topological polar surface area (TPSA) is 78.9 Å². The molecular formula is C58H102O6. The van der Waals surface area contributed by atoms with Crippen molar-refractivity contribution in [2.45, 2.75) is 277 Å². The Kier molecular flexibility index (Phi) is 50.4. The van der Waals surface area contributed by atoms with Crippen molar-refractivity contribution in [3.63, 3.8) is 0 Å². The van der Waals surface area contributed by atoms with Crippen LogP contribution in [0, 0.1) is 0 Å².